The van der Waals surface area contributed by atoms with Crippen molar-refractivity contribution in [2.75, 3.05) is 12.4 Å². The monoisotopic (exact) mass is 377 g/mol. The maximum Gasteiger partial charge on any atom is 0.302 e. The number of carbonyl (C=O) groups excluding carboxylic acids is 3. The van der Waals surface area contributed by atoms with Gasteiger partial charge >= 0.3 is 5.97 Å². The molecular weight excluding hydrogens is 358 g/mol. The van der Waals surface area contributed by atoms with Gasteiger partial charge in [-0.3, -0.25) is 19.3 Å². The van der Waals surface area contributed by atoms with Crippen LogP contribution in [-0.4, -0.2) is 54.1 Å². The number of hydrogen-bond donors (Lipinski definition) is 0. The molecule has 7 nitrogen and oxygen atoms in total. The Morgan fingerprint density at radius 2 is 1.92 bits per heavy atom. The van der Waals surface area contributed by atoms with Gasteiger partial charge in [-0.05, 0) is 5.41 Å². The normalized spacial score (nSPS) is 25.9. The predicted octanol–water partition coefficient (Wildman–Crippen LogP) is 1.01. The molecule has 0 aromatic carbocycles. The van der Waals surface area contributed by atoms with E-state index in [1.54, 1.807) is 0 Å². The van der Waals surface area contributed by atoms with Crippen molar-refractivity contribution in [2.24, 2.45) is 5.41 Å². The van der Waals surface area contributed by atoms with Gasteiger partial charge < -0.3 is 4.74 Å². The van der Waals surface area contributed by atoms with E-state index < -0.39 is 38.2 Å². The molecule has 134 valence electrons. The lowest BCUT2D eigenvalue weighted by molar-refractivity contribution is -0.141. The first-order valence-electron chi connectivity index (χ1n) is 7.42. The van der Waals surface area contributed by atoms with Crippen LogP contribution < -0.4 is 0 Å². The molecule has 2 aliphatic rings. The van der Waals surface area contributed by atoms with Gasteiger partial charge in [0, 0.05) is 18.9 Å². The number of ketones is 1. The van der Waals surface area contributed by atoms with Gasteiger partial charge in [0.25, 0.3) is 0 Å². The van der Waals surface area contributed by atoms with E-state index in [0.717, 1.165) is 4.90 Å². The second kappa shape index (κ2) is 6.15. The number of ether oxygens (including phenoxy) is 1. The summed E-state index contributed by atoms with van der Waals surface area (Å²) in [5.41, 5.74) is -0.225. The number of carbonyl (C=O) groups is 3. The fraction of sp³-hybridized carbons (Fsp3) is 0.667. The Balaban J connectivity index is 2.48. The summed E-state index contributed by atoms with van der Waals surface area (Å²) < 4.78 is 29.6. The minimum absolute atomic E-state index is 0.00731. The molecule has 0 aromatic heterocycles. The molecule has 0 saturated carbocycles. The van der Waals surface area contributed by atoms with Gasteiger partial charge in [0.2, 0.25) is 5.91 Å². The minimum atomic E-state index is -3.74. The maximum atomic E-state index is 12.7. The number of alkyl halides is 1. The Hall–Kier alpha value is -1.41. The van der Waals surface area contributed by atoms with Gasteiger partial charge in [-0.1, -0.05) is 20.8 Å². The smallest absolute Gasteiger partial charge is 0.302 e. The Kier molecular flexibility index (Phi) is 4.85. The topological polar surface area (TPSA) is 97.8 Å². The summed E-state index contributed by atoms with van der Waals surface area (Å²) >= 11 is 5.85. The van der Waals surface area contributed by atoms with E-state index in [4.69, 9.17) is 16.3 Å². The van der Waals surface area contributed by atoms with Crippen molar-refractivity contribution in [2.45, 2.75) is 44.9 Å². The summed E-state index contributed by atoms with van der Waals surface area (Å²) in [5.74, 6) is -2.04. The van der Waals surface area contributed by atoms with Crippen LogP contribution in [-0.2, 0) is 29.0 Å². The number of hydrogen-bond acceptors (Lipinski definition) is 6. The van der Waals surface area contributed by atoms with Crippen molar-refractivity contribution in [1.29, 1.82) is 0 Å². The van der Waals surface area contributed by atoms with Gasteiger partial charge in [0.05, 0.1) is 11.4 Å². The second-order valence-electron chi connectivity index (χ2n) is 7.20. The molecule has 2 atom stereocenters. The largest absolute Gasteiger partial charge is 0.461 e. The summed E-state index contributed by atoms with van der Waals surface area (Å²) in [6, 6.07) is 0. The quantitative estimate of drug-likeness (QED) is 0.412. The van der Waals surface area contributed by atoms with Gasteiger partial charge in [-0.15, -0.1) is 11.6 Å². The number of Topliss-reactive ketones (excluding diaryl/α,β-unsaturated/α-hetero) is 1. The van der Waals surface area contributed by atoms with Crippen molar-refractivity contribution >= 4 is 39.1 Å². The van der Waals surface area contributed by atoms with Crippen LogP contribution >= 0.6 is 11.6 Å². The third kappa shape index (κ3) is 3.49. The van der Waals surface area contributed by atoms with Crippen LogP contribution in [0, 0.1) is 5.41 Å². The lowest BCUT2D eigenvalue weighted by atomic mass is 9.87. The molecule has 9 heteroatoms. The first kappa shape index (κ1) is 18.9. The number of fused-ring (bicyclic) bond motifs is 1. The van der Waals surface area contributed by atoms with E-state index >= 15 is 0 Å². The summed E-state index contributed by atoms with van der Waals surface area (Å²) in [6.45, 7) is 6.41. The van der Waals surface area contributed by atoms with E-state index in [9.17, 15) is 22.8 Å². The lowest BCUT2D eigenvalue weighted by Crippen LogP contribution is -2.68. The van der Waals surface area contributed by atoms with Crippen LogP contribution in [0.25, 0.3) is 0 Å². The Morgan fingerprint density at radius 1 is 1.33 bits per heavy atom. The summed E-state index contributed by atoms with van der Waals surface area (Å²) in [6.07, 6.45) is 0.120. The summed E-state index contributed by atoms with van der Waals surface area (Å²) in [5, 5.41) is -2.42. The Labute approximate surface area is 145 Å². The van der Waals surface area contributed by atoms with Crippen molar-refractivity contribution in [3.63, 3.8) is 0 Å². The third-order valence-electron chi connectivity index (χ3n) is 3.70. The molecule has 0 bridgehead atoms. The average molecular weight is 378 g/mol. The maximum absolute atomic E-state index is 12.7. The van der Waals surface area contributed by atoms with Gasteiger partial charge in [-0.2, -0.15) is 0 Å². The zero-order chi connectivity index (χ0) is 18.4. The standard InChI is InChI=1S/C15H20ClNO6S/c1-8(18)23-6-9-7-24(21,22)14-11(16)13(20)17(14)12(9)10(19)5-15(2,3)4/h11,14H,5-7H2,1-4H3/t11-,14-/m0/s1. The number of allylic oxidation sites excluding steroid dienone is 1. The number of rotatable bonds is 4. The van der Waals surface area contributed by atoms with E-state index in [-0.39, 0.29) is 35.5 Å². The van der Waals surface area contributed by atoms with Crippen molar-refractivity contribution in [3.05, 3.63) is 11.3 Å². The fourth-order valence-corrected chi connectivity index (χ4v) is 5.35. The molecule has 2 aliphatic heterocycles. The molecule has 24 heavy (non-hydrogen) atoms. The number of halogens is 1. The zero-order valence-corrected chi connectivity index (χ0v) is 15.5. The Bertz CT molecular complexity index is 734. The minimum Gasteiger partial charge on any atom is -0.461 e. The van der Waals surface area contributed by atoms with Crippen LogP contribution in [0.4, 0.5) is 0 Å². The SMILES string of the molecule is CC(=O)OCC1=C(C(=O)CC(C)(C)C)N2C(=O)[C@H](Cl)[C@@H]2S(=O)(=O)C1. The predicted molar refractivity (Wildman–Crippen MR) is 86.8 cm³/mol. The van der Waals surface area contributed by atoms with Crippen LogP contribution in [0.2, 0.25) is 0 Å². The fourth-order valence-electron chi connectivity index (χ4n) is 2.77. The highest BCUT2D eigenvalue weighted by Gasteiger charge is 2.59. The van der Waals surface area contributed by atoms with E-state index in [1.807, 2.05) is 20.8 Å². The average Bonchev–Trinajstić information content (AvgIpc) is 2.40. The molecule has 0 aliphatic carbocycles. The first-order valence-corrected chi connectivity index (χ1v) is 9.57. The lowest BCUT2D eigenvalue weighted by Gasteiger charge is -2.47. The third-order valence-corrected chi connectivity index (χ3v) is 6.25. The number of sulfone groups is 1. The molecule has 1 fully saturated rings. The van der Waals surface area contributed by atoms with Crippen LogP contribution in [0.15, 0.2) is 11.3 Å². The van der Waals surface area contributed by atoms with E-state index in [2.05, 4.69) is 0 Å². The van der Waals surface area contributed by atoms with Crippen molar-refractivity contribution < 1.29 is 27.5 Å². The first-order chi connectivity index (χ1) is 10.8. The second-order valence-corrected chi connectivity index (χ2v) is 9.77. The van der Waals surface area contributed by atoms with Crippen LogP contribution in [0.3, 0.4) is 0 Å². The molecule has 1 amide bonds. The summed E-state index contributed by atoms with van der Waals surface area (Å²) in [4.78, 5) is 36.8. The van der Waals surface area contributed by atoms with Gasteiger partial charge in [0.15, 0.2) is 21.0 Å². The molecular formula is C15H20ClNO6S. The molecule has 0 N–H and O–H groups in total. The molecule has 1 saturated heterocycles. The number of nitrogens with zero attached hydrogens (tertiary/aromatic N) is 1. The molecule has 2 rings (SSSR count). The van der Waals surface area contributed by atoms with E-state index in [0.29, 0.717) is 0 Å². The van der Waals surface area contributed by atoms with E-state index in [1.165, 1.54) is 6.92 Å². The molecule has 0 spiro atoms. The molecule has 0 unspecified atom stereocenters. The highest BCUT2D eigenvalue weighted by Crippen LogP contribution is 2.40. The van der Waals surface area contributed by atoms with Crippen LogP contribution in [0.5, 0.6) is 0 Å². The molecule has 0 radical (unpaired) electrons. The molecule has 2 heterocycles. The highest BCUT2D eigenvalue weighted by atomic mass is 35.5. The Morgan fingerprint density at radius 3 is 2.42 bits per heavy atom. The van der Waals surface area contributed by atoms with Crippen molar-refractivity contribution in [1.82, 2.24) is 4.90 Å². The zero-order valence-electron chi connectivity index (χ0n) is 14.0. The number of esters is 1. The summed E-state index contributed by atoms with van der Waals surface area (Å²) in [7, 11) is -3.74. The van der Waals surface area contributed by atoms with Crippen LogP contribution in [0.1, 0.15) is 34.1 Å². The number of amides is 1. The van der Waals surface area contributed by atoms with Gasteiger partial charge in [0.1, 0.15) is 12.0 Å². The molecule has 0 aromatic rings. The number of β-lactam (4-membered cyclic amide) rings is 1. The van der Waals surface area contributed by atoms with Gasteiger partial charge in [-0.25, -0.2) is 8.42 Å². The van der Waals surface area contributed by atoms with Crippen molar-refractivity contribution in [3.8, 4) is 0 Å². The highest BCUT2D eigenvalue weighted by molar-refractivity contribution is 7.92.